The second kappa shape index (κ2) is 3.54. The Labute approximate surface area is 82.9 Å². The molecule has 0 aliphatic carbocycles. The maximum Gasteiger partial charge on any atom is 0.178 e. The first-order chi connectivity index (χ1) is 6.75. The molecule has 0 saturated heterocycles. The largest absolute Gasteiger partial charge is 0.253 e. The van der Waals surface area contributed by atoms with E-state index in [0.29, 0.717) is 5.82 Å². The molecule has 0 aliphatic rings. The minimum atomic E-state index is 0.630. The van der Waals surface area contributed by atoms with Crippen LogP contribution in [0.4, 0.5) is 0 Å². The summed E-state index contributed by atoms with van der Waals surface area (Å²) in [4.78, 5) is 12.6. The van der Waals surface area contributed by atoms with E-state index in [2.05, 4.69) is 21.1 Å². The van der Waals surface area contributed by atoms with Crippen LogP contribution >= 0.6 is 0 Å². The molecule has 0 unspecified atom stereocenters. The zero-order chi connectivity index (χ0) is 9.97. The molecule has 2 rings (SSSR count). The molecule has 2 aromatic rings. The Hall–Kier alpha value is -1.77. The van der Waals surface area contributed by atoms with Crippen molar-refractivity contribution in [2.45, 2.75) is 13.8 Å². The minimum absolute atomic E-state index is 0.630. The van der Waals surface area contributed by atoms with Gasteiger partial charge in [0.1, 0.15) is 5.69 Å². The number of aromatic nitrogens is 3. The van der Waals surface area contributed by atoms with E-state index < -0.39 is 0 Å². The topological polar surface area (TPSA) is 38.7 Å². The van der Waals surface area contributed by atoms with Gasteiger partial charge in [0.25, 0.3) is 0 Å². The Morgan fingerprint density at radius 1 is 1.21 bits per heavy atom. The number of nitrogens with zero attached hydrogens (tertiary/aromatic N) is 3. The van der Waals surface area contributed by atoms with Gasteiger partial charge in [0.05, 0.1) is 6.20 Å². The van der Waals surface area contributed by atoms with Gasteiger partial charge in [-0.2, -0.15) is 0 Å². The summed E-state index contributed by atoms with van der Waals surface area (Å²) in [6, 6.07) is 5.66. The van der Waals surface area contributed by atoms with Crippen LogP contribution in [0.2, 0.25) is 0 Å². The van der Waals surface area contributed by atoms with E-state index in [1.165, 1.54) is 0 Å². The average molecular weight is 184 g/mol. The fourth-order valence-corrected chi connectivity index (χ4v) is 1.13. The summed E-state index contributed by atoms with van der Waals surface area (Å²) in [5.41, 5.74) is 2.82. The molecule has 0 aromatic carbocycles. The second-order valence-electron chi connectivity index (χ2n) is 3.18. The lowest BCUT2D eigenvalue weighted by molar-refractivity contribution is 1.08. The third kappa shape index (κ3) is 1.76. The van der Waals surface area contributed by atoms with E-state index in [1.54, 1.807) is 12.3 Å². The first-order valence-electron chi connectivity index (χ1n) is 4.40. The molecule has 2 heterocycles. The lowest BCUT2D eigenvalue weighted by Crippen LogP contribution is -1.93. The lowest BCUT2D eigenvalue weighted by atomic mass is 10.2. The van der Waals surface area contributed by atoms with E-state index in [-0.39, 0.29) is 0 Å². The van der Waals surface area contributed by atoms with Gasteiger partial charge in [0, 0.05) is 11.9 Å². The predicted molar refractivity (Wildman–Crippen MR) is 53.6 cm³/mol. The number of hydrogen-bond donors (Lipinski definition) is 0. The molecule has 0 aliphatic heterocycles. The smallest absolute Gasteiger partial charge is 0.178 e. The summed E-state index contributed by atoms with van der Waals surface area (Å²) >= 11 is 0. The van der Waals surface area contributed by atoms with Gasteiger partial charge in [-0.25, -0.2) is 9.97 Å². The van der Waals surface area contributed by atoms with Crippen LogP contribution in [0, 0.1) is 20.0 Å². The normalized spacial score (nSPS) is 10.1. The second-order valence-corrected chi connectivity index (χ2v) is 3.18. The molecule has 1 radical (unpaired) electrons. The molecule has 3 heteroatoms. The van der Waals surface area contributed by atoms with Crippen molar-refractivity contribution in [1.82, 2.24) is 15.0 Å². The first-order valence-corrected chi connectivity index (χ1v) is 4.40. The van der Waals surface area contributed by atoms with Crippen molar-refractivity contribution in [2.24, 2.45) is 0 Å². The molecule has 0 saturated carbocycles. The Morgan fingerprint density at radius 2 is 2.07 bits per heavy atom. The standard InChI is InChI=1S/C11H10N3/c1-8-3-4-10(13-7-8)11-12-6-5-9(2)14-11/h3-5,7H,1-2H3. The monoisotopic (exact) mass is 184 g/mol. The average Bonchev–Trinajstić information content (AvgIpc) is 2.19. The Morgan fingerprint density at radius 3 is 2.71 bits per heavy atom. The maximum atomic E-state index is 4.27. The minimum Gasteiger partial charge on any atom is -0.253 e. The summed E-state index contributed by atoms with van der Waals surface area (Å²) < 4.78 is 0. The summed E-state index contributed by atoms with van der Waals surface area (Å²) in [7, 11) is 0. The molecule has 14 heavy (non-hydrogen) atoms. The van der Waals surface area contributed by atoms with Crippen molar-refractivity contribution >= 4 is 0 Å². The fraction of sp³-hybridized carbons (Fsp3) is 0.182. The van der Waals surface area contributed by atoms with Crippen LogP contribution in [0.15, 0.2) is 24.4 Å². The lowest BCUT2D eigenvalue weighted by Gasteiger charge is -1.99. The van der Waals surface area contributed by atoms with E-state index >= 15 is 0 Å². The number of aryl methyl sites for hydroxylation is 2. The molecule has 0 atom stereocenters. The van der Waals surface area contributed by atoms with Crippen LogP contribution in [-0.4, -0.2) is 15.0 Å². The van der Waals surface area contributed by atoms with Crippen molar-refractivity contribution in [1.29, 1.82) is 0 Å². The molecular weight excluding hydrogens is 174 g/mol. The number of hydrogen-bond acceptors (Lipinski definition) is 3. The van der Waals surface area contributed by atoms with Crippen LogP contribution in [0.25, 0.3) is 11.5 Å². The number of pyridine rings is 1. The van der Waals surface area contributed by atoms with Crippen molar-refractivity contribution in [2.75, 3.05) is 0 Å². The number of rotatable bonds is 1. The van der Waals surface area contributed by atoms with Gasteiger partial charge < -0.3 is 0 Å². The van der Waals surface area contributed by atoms with Crippen LogP contribution in [0.1, 0.15) is 11.3 Å². The highest BCUT2D eigenvalue weighted by atomic mass is 14.9. The van der Waals surface area contributed by atoms with E-state index in [9.17, 15) is 0 Å². The van der Waals surface area contributed by atoms with Gasteiger partial charge in [0.15, 0.2) is 5.82 Å². The predicted octanol–water partition coefficient (Wildman–Crippen LogP) is 1.96. The van der Waals surface area contributed by atoms with Gasteiger partial charge in [-0.1, -0.05) is 6.07 Å². The highest BCUT2D eigenvalue weighted by Crippen LogP contribution is 2.11. The molecule has 3 nitrogen and oxygen atoms in total. The van der Waals surface area contributed by atoms with Gasteiger partial charge in [-0.3, -0.25) is 4.98 Å². The van der Waals surface area contributed by atoms with Crippen LogP contribution in [0.3, 0.4) is 0 Å². The van der Waals surface area contributed by atoms with E-state index in [1.807, 2.05) is 26.0 Å². The van der Waals surface area contributed by atoms with Crippen LogP contribution < -0.4 is 0 Å². The molecular formula is C11H10N3. The molecule has 0 amide bonds. The van der Waals surface area contributed by atoms with E-state index in [4.69, 9.17) is 0 Å². The fourth-order valence-electron chi connectivity index (χ4n) is 1.13. The van der Waals surface area contributed by atoms with Crippen LogP contribution in [-0.2, 0) is 0 Å². The summed E-state index contributed by atoms with van der Waals surface area (Å²) in [5.74, 6) is 0.630. The van der Waals surface area contributed by atoms with Gasteiger partial charge >= 0.3 is 0 Å². The molecule has 2 aromatic heterocycles. The van der Waals surface area contributed by atoms with Crippen molar-refractivity contribution in [3.8, 4) is 11.5 Å². The van der Waals surface area contributed by atoms with Gasteiger partial charge in [0.2, 0.25) is 0 Å². The maximum absolute atomic E-state index is 4.27. The van der Waals surface area contributed by atoms with Crippen molar-refractivity contribution < 1.29 is 0 Å². The molecule has 69 valence electrons. The Bertz CT molecular complexity index is 435. The summed E-state index contributed by atoms with van der Waals surface area (Å²) in [6.45, 7) is 3.91. The SMILES string of the molecule is Cc1ccc(-c2n[c]cc(C)n2)nc1. The first kappa shape index (κ1) is 8.81. The summed E-state index contributed by atoms with van der Waals surface area (Å²) in [5, 5.41) is 0. The van der Waals surface area contributed by atoms with Gasteiger partial charge in [-0.05, 0) is 31.5 Å². The zero-order valence-corrected chi connectivity index (χ0v) is 8.15. The molecule has 0 bridgehead atoms. The highest BCUT2D eigenvalue weighted by molar-refractivity contribution is 5.48. The Kier molecular flexibility index (Phi) is 2.23. The van der Waals surface area contributed by atoms with E-state index in [0.717, 1.165) is 17.0 Å². The molecule has 0 fully saturated rings. The highest BCUT2D eigenvalue weighted by Gasteiger charge is 2.01. The Balaban J connectivity index is 2.44. The van der Waals surface area contributed by atoms with Crippen LogP contribution in [0.5, 0.6) is 0 Å². The zero-order valence-electron chi connectivity index (χ0n) is 8.15. The molecule has 0 N–H and O–H groups in total. The van der Waals surface area contributed by atoms with Crippen molar-refractivity contribution in [3.63, 3.8) is 0 Å². The van der Waals surface area contributed by atoms with Crippen molar-refractivity contribution in [3.05, 3.63) is 41.9 Å². The summed E-state index contributed by atoms with van der Waals surface area (Å²) in [6.07, 6.45) is 4.60. The molecule has 0 spiro atoms. The third-order valence-corrected chi connectivity index (χ3v) is 1.87. The quantitative estimate of drug-likeness (QED) is 0.680. The third-order valence-electron chi connectivity index (χ3n) is 1.87. The van der Waals surface area contributed by atoms with Gasteiger partial charge in [-0.15, -0.1) is 0 Å².